The van der Waals surface area contributed by atoms with Gasteiger partial charge in [-0.1, -0.05) is 54.2 Å². The molecule has 1 unspecified atom stereocenters. The van der Waals surface area contributed by atoms with Crippen molar-refractivity contribution in [1.29, 1.82) is 0 Å². The van der Waals surface area contributed by atoms with Gasteiger partial charge in [-0.25, -0.2) is 0 Å². The number of hydrogen-bond acceptors (Lipinski definition) is 1. The first kappa shape index (κ1) is 14.8. The van der Waals surface area contributed by atoms with E-state index in [2.05, 4.69) is 79.2 Å². The number of anilines is 1. The summed E-state index contributed by atoms with van der Waals surface area (Å²) in [6.07, 6.45) is 16.8. The molecule has 0 bridgehead atoms. The Balaban J connectivity index is 2.07. The van der Waals surface area contributed by atoms with Gasteiger partial charge in [-0.05, 0) is 67.0 Å². The molecule has 0 radical (unpaired) electrons. The largest absolute Gasteiger partial charge is 0.362 e. The van der Waals surface area contributed by atoms with Crippen LogP contribution in [-0.4, -0.2) is 0 Å². The fourth-order valence-electron chi connectivity index (χ4n) is 4.16. The normalized spacial score (nSPS) is 26.0. The van der Waals surface area contributed by atoms with Crippen molar-refractivity contribution in [3.8, 4) is 0 Å². The fraction of sp³-hybridized carbons (Fsp3) is 0.174. The lowest BCUT2D eigenvalue weighted by molar-refractivity contribution is 0.674. The van der Waals surface area contributed by atoms with E-state index in [0.29, 0.717) is 0 Å². The number of allylic oxidation sites excluding steroid dienone is 9. The molecule has 0 aromatic heterocycles. The Kier molecular flexibility index (Phi) is 3.52. The van der Waals surface area contributed by atoms with Gasteiger partial charge in [0, 0.05) is 5.69 Å². The standard InChI is InChI=1S/C23H21N/c1-17-9-7-14-20(17)23(19-11-3-4-12-19)18(2)10-8-16-24-22-15-6-5-13-21(22)23/h3,5-9,11-13,15-16,24H,2,10,14H2,1H3/b16-8-. The second-order valence-electron chi connectivity index (χ2n) is 6.52. The molecule has 1 heteroatoms. The molecule has 4 rings (SSSR count). The molecule has 1 atom stereocenters. The molecule has 0 amide bonds. The van der Waals surface area contributed by atoms with Crippen LogP contribution < -0.4 is 5.32 Å². The predicted molar refractivity (Wildman–Crippen MR) is 102 cm³/mol. The summed E-state index contributed by atoms with van der Waals surface area (Å²) in [7, 11) is 0. The molecule has 0 saturated heterocycles. The third-order valence-corrected chi connectivity index (χ3v) is 5.23. The van der Waals surface area contributed by atoms with Gasteiger partial charge in [0.1, 0.15) is 0 Å². The number of fused-ring (bicyclic) bond motifs is 1. The minimum absolute atomic E-state index is 0.304. The number of nitrogens with one attached hydrogen (secondary N) is 1. The van der Waals surface area contributed by atoms with Crippen molar-refractivity contribution in [2.24, 2.45) is 0 Å². The molecular formula is C23H21N. The first-order chi connectivity index (χ1) is 11.7. The van der Waals surface area contributed by atoms with Crippen molar-refractivity contribution < 1.29 is 0 Å². The van der Waals surface area contributed by atoms with E-state index in [4.69, 9.17) is 0 Å². The molecule has 1 nitrogen and oxygen atoms in total. The first-order valence-corrected chi connectivity index (χ1v) is 8.44. The Labute approximate surface area is 143 Å². The van der Waals surface area contributed by atoms with Gasteiger partial charge in [0.25, 0.3) is 0 Å². The number of hydrogen-bond donors (Lipinski definition) is 1. The maximum absolute atomic E-state index is 4.55. The number of para-hydroxylation sites is 1. The Morgan fingerprint density at radius 2 is 2.04 bits per heavy atom. The molecule has 0 fully saturated rings. The Morgan fingerprint density at radius 3 is 2.79 bits per heavy atom. The molecule has 1 heterocycles. The maximum atomic E-state index is 4.55. The smallest absolute Gasteiger partial charge is 0.0656 e. The van der Waals surface area contributed by atoms with Gasteiger partial charge in [-0.2, -0.15) is 0 Å². The molecule has 1 aliphatic heterocycles. The van der Waals surface area contributed by atoms with Gasteiger partial charge in [0.05, 0.1) is 5.41 Å². The van der Waals surface area contributed by atoms with E-state index in [1.807, 2.05) is 12.3 Å². The highest BCUT2D eigenvalue weighted by Crippen LogP contribution is 2.53. The zero-order valence-corrected chi connectivity index (χ0v) is 14.0. The molecular weight excluding hydrogens is 290 g/mol. The van der Waals surface area contributed by atoms with Gasteiger partial charge in [-0.3, -0.25) is 0 Å². The molecule has 3 aliphatic rings. The van der Waals surface area contributed by atoms with Crippen LogP contribution in [0.15, 0.2) is 102 Å². The summed E-state index contributed by atoms with van der Waals surface area (Å²) in [6.45, 7) is 6.76. The van der Waals surface area contributed by atoms with E-state index in [-0.39, 0.29) is 5.41 Å². The molecule has 118 valence electrons. The SMILES string of the molecule is C=C1C/C=C\Nc2ccccc2C1(C1=CC=C=C1)C1=C(C)C=CC1. The van der Waals surface area contributed by atoms with Crippen molar-refractivity contribution in [2.45, 2.75) is 25.2 Å². The molecule has 24 heavy (non-hydrogen) atoms. The lowest BCUT2D eigenvalue weighted by atomic mass is 9.61. The summed E-state index contributed by atoms with van der Waals surface area (Å²) in [6, 6.07) is 8.59. The third kappa shape index (κ3) is 2.02. The lowest BCUT2D eigenvalue weighted by Gasteiger charge is -2.41. The van der Waals surface area contributed by atoms with Crippen LogP contribution in [0.2, 0.25) is 0 Å². The maximum Gasteiger partial charge on any atom is 0.0656 e. The lowest BCUT2D eigenvalue weighted by Crippen LogP contribution is -2.34. The van der Waals surface area contributed by atoms with E-state index in [1.165, 1.54) is 27.9 Å². The minimum atomic E-state index is -0.304. The summed E-state index contributed by atoms with van der Waals surface area (Å²) in [5.74, 6) is 0. The van der Waals surface area contributed by atoms with Crippen molar-refractivity contribution in [2.75, 3.05) is 5.32 Å². The van der Waals surface area contributed by atoms with Crippen molar-refractivity contribution in [3.63, 3.8) is 0 Å². The van der Waals surface area contributed by atoms with Crippen molar-refractivity contribution in [1.82, 2.24) is 0 Å². The average Bonchev–Trinajstić information content (AvgIpc) is 3.25. The fourth-order valence-corrected chi connectivity index (χ4v) is 4.16. The van der Waals surface area contributed by atoms with Crippen LogP contribution >= 0.6 is 0 Å². The minimum Gasteiger partial charge on any atom is -0.362 e. The summed E-state index contributed by atoms with van der Waals surface area (Å²) in [4.78, 5) is 0. The summed E-state index contributed by atoms with van der Waals surface area (Å²) in [5, 5.41) is 3.47. The van der Waals surface area contributed by atoms with Gasteiger partial charge in [0.2, 0.25) is 0 Å². The van der Waals surface area contributed by atoms with E-state index >= 15 is 0 Å². The van der Waals surface area contributed by atoms with Crippen molar-refractivity contribution >= 4 is 5.69 Å². The summed E-state index contributed by atoms with van der Waals surface area (Å²) in [5.41, 5.74) is 10.6. The second-order valence-corrected chi connectivity index (χ2v) is 6.52. The average molecular weight is 311 g/mol. The van der Waals surface area contributed by atoms with Crippen LogP contribution in [0.4, 0.5) is 5.69 Å². The Hall–Kier alpha value is -2.76. The highest BCUT2D eigenvalue weighted by Gasteiger charge is 2.44. The van der Waals surface area contributed by atoms with E-state index in [0.717, 1.165) is 18.5 Å². The Bertz CT molecular complexity index is 898. The molecule has 1 aromatic carbocycles. The first-order valence-electron chi connectivity index (χ1n) is 8.44. The van der Waals surface area contributed by atoms with Gasteiger partial charge in [0.15, 0.2) is 0 Å². The Morgan fingerprint density at radius 1 is 1.17 bits per heavy atom. The summed E-state index contributed by atoms with van der Waals surface area (Å²) < 4.78 is 0. The summed E-state index contributed by atoms with van der Waals surface area (Å²) >= 11 is 0. The van der Waals surface area contributed by atoms with Crippen LogP contribution in [0.1, 0.15) is 25.3 Å². The van der Waals surface area contributed by atoms with Gasteiger partial charge >= 0.3 is 0 Å². The highest BCUT2D eigenvalue weighted by atomic mass is 14.8. The zero-order chi connectivity index (χ0) is 16.6. The van der Waals surface area contributed by atoms with Crippen LogP contribution in [0, 0.1) is 0 Å². The molecule has 0 saturated carbocycles. The quantitative estimate of drug-likeness (QED) is 0.542. The zero-order valence-electron chi connectivity index (χ0n) is 14.0. The number of rotatable bonds is 2. The van der Waals surface area contributed by atoms with Crippen LogP contribution in [-0.2, 0) is 5.41 Å². The highest BCUT2D eigenvalue weighted by molar-refractivity contribution is 5.71. The van der Waals surface area contributed by atoms with Crippen LogP contribution in [0.25, 0.3) is 0 Å². The third-order valence-electron chi connectivity index (χ3n) is 5.23. The number of benzene rings is 1. The van der Waals surface area contributed by atoms with E-state index < -0.39 is 0 Å². The van der Waals surface area contributed by atoms with Crippen LogP contribution in [0.3, 0.4) is 0 Å². The predicted octanol–water partition coefficient (Wildman–Crippen LogP) is 5.74. The molecule has 0 spiro atoms. The van der Waals surface area contributed by atoms with Crippen LogP contribution in [0.5, 0.6) is 0 Å². The van der Waals surface area contributed by atoms with E-state index in [9.17, 15) is 0 Å². The molecule has 1 aromatic rings. The second kappa shape index (κ2) is 5.70. The van der Waals surface area contributed by atoms with Gasteiger partial charge < -0.3 is 5.32 Å². The molecule has 1 N–H and O–H groups in total. The van der Waals surface area contributed by atoms with E-state index in [1.54, 1.807) is 0 Å². The van der Waals surface area contributed by atoms with Gasteiger partial charge in [-0.15, -0.1) is 5.73 Å². The topological polar surface area (TPSA) is 12.0 Å². The molecule has 2 aliphatic carbocycles. The van der Waals surface area contributed by atoms with Crippen molar-refractivity contribution in [3.05, 3.63) is 107 Å². The monoisotopic (exact) mass is 311 g/mol.